The van der Waals surface area contributed by atoms with Crippen LogP contribution < -0.4 is 10.2 Å². The lowest BCUT2D eigenvalue weighted by Crippen LogP contribution is -2.54. The summed E-state index contributed by atoms with van der Waals surface area (Å²) >= 11 is 0. The molecule has 1 aliphatic rings. The van der Waals surface area contributed by atoms with Crippen molar-refractivity contribution in [2.45, 2.75) is 27.7 Å². The van der Waals surface area contributed by atoms with E-state index in [1.165, 1.54) is 22.9 Å². The largest absolute Gasteiger partial charge is 0.335 e. The Bertz CT molecular complexity index is 1420. The zero-order valence-electron chi connectivity index (χ0n) is 18.9. The van der Waals surface area contributed by atoms with E-state index in [0.29, 0.717) is 28.3 Å². The van der Waals surface area contributed by atoms with E-state index < -0.39 is 22.8 Å². The number of hydrogen-bond donors (Lipinski definition) is 1. The normalized spacial score (nSPS) is 15.1. The van der Waals surface area contributed by atoms with Crippen LogP contribution in [0.1, 0.15) is 28.1 Å². The molecule has 10 heteroatoms. The number of nitro groups is 1. The fraction of sp³-hybridized carbons (Fsp3) is 0.167. The van der Waals surface area contributed by atoms with Crippen LogP contribution in [0.3, 0.4) is 0 Å². The van der Waals surface area contributed by atoms with E-state index in [2.05, 4.69) is 10.4 Å². The first-order valence-corrected chi connectivity index (χ1v) is 10.4. The quantitative estimate of drug-likeness (QED) is 0.274. The Kier molecular flexibility index (Phi) is 5.58. The zero-order valence-corrected chi connectivity index (χ0v) is 18.9. The standard InChI is InChI=1S/C24H21N5O5/c1-13-7-5-10-21(14(13)2)27-23(31)20(22(30)25-24(27)32)12-19-15(3)26-28(16(19)4)17-8-6-9-18(11-17)29(33)34/h5-12H,1-4H3,(H,25,30,32)/b20-12-. The highest BCUT2D eigenvalue weighted by Crippen LogP contribution is 2.28. The minimum absolute atomic E-state index is 0.0885. The molecule has 1 N–H and O–H groups in total. The van der Waals surface area contributed by atoms with Crippen molar-refractivity contribution in [3.63, 3.8) is 0 Å². The summed E-state index contributed by atoms with van der Waals surface area (Å²) in [6.45, 7) is 7.08. The Morgan fingerprint density at radius 2 is 1.74 bits per heavy atom. The van der Waals surface area contributed by atoms with Crippen molar-refractivity contribution in [2.24, 2.45) is 0 Å². The molecule has 0 atom stereocenters. The average Bonchev–Trinajstić information content (AvgIpc) is 3.07. The van der Waals surface area contributed by atoms with E-state index in [0.717, 1.165) is 16.0 Å². The molecule has 1 aliphatic heterocycles. The van der Waals surface area contributed by atoms with Crippen molar-refractivity contribution in [3.8, 4) is 5.69 Å². The summed E-state index contributed by atoms with van der Waals surface area (Å²) in [7, 11) is 0. The van der Waals surface area contributed by atoms with Gasteiger partial charge in [-0.25, -0.2) is 14.4 Å². The van der Waals surface area contributed by atoms with Crippen molar-refractivity contribution < 1.29 is 19.3 Å². The number of aryl methyl sites for hydroxylation is 2. The second-order valence-corrected chi connectivity index (χ2v) is 7.95. The van der Waals surface area contributed by atoms with Crippen molar-refractivity contribution >= 4 is 35.3 Å². The van der Waals surface area contributed by atoms with Gasteiger partial charge >= 0.3 is 6.03 Å². The van der Waals surface area contributed by atoms with E-state index in [1.807, 2.05) is 13.0 Å². The number of benzene rings is 2. The number of nitrogens with zero attached hydrogens (tertiary/aromatic N) is 4. The second kappa shape index (κ2) is 8.39. The van der Waals surface area contributed by atoms with Gasteiger partial charge in [-0.15, -0.1) is 0 Å². The highest BCUT2D eigenvalue weighted by molar-refractivity contribution is 6.39. The van der Waals surface area contributed by atoms with Crippen molar-refractivity contribution in [1.29, 1.82) is 0 Å². The highest BCUT2D eigenvalue weighted by Gasteiger charge is 2.38. The van der Waals surface area contributed by atoms with Crippen LogP contribution in [0.2, 0.25) is 0 Å². The van der Waals surface area contributed by atoms with Gasteiger partial charge in [0.05, 0.1) is 22.0 Å². The Balaban J connectivity index is 1.79. The lowest BCUT2D eigenvalue weighted by atomic mass is 10.0. The highest BCUT2D eigenvalue weighted by atomic mass is 16.6. The third-order valence-corrected chi connectivity index (χ3v) is 5.84. The molecule has 172 valence electrons. The van der Waals surface area contributed by atoms with Gasteiger partial charge < -0.3 is 0 Å². The van der Waals surface area contributed by atoms with E-state index in [9.17, 15) is 24.5 Å². The third-order valence-electron chi connectivity index (χ3n) is 5.84. The van der Waals surface area contributed by atoms with Crippen LogP contribution in [0.25, 0.3) is 11.8 Å². The lowest BCUT2D eigenvalue weighted by molar-refractivity contribution is -0.384. The summed E-state index contributed by atoms with van der Waals surface area (Å²) in [5, 5.41) is 17.8. The topological polar surface area (TPSA) is 127 Å². The molecule has 1 saturated heterocycles. The monoisotopic (exact) mass is 459 g/mol. The van der Waals surface area contributed by atoms with Crippen molar-refractivity contribution in [3.05, 3.63) is 86.2 Å². The van der Waals surface area contributed by atoms with Crippen LogP contribution in [-0.4, -0.2) is 32.5 Å². The van der Waals surface area contributed by atoms with Crippen LogP contribution in [0.15, 0.2) is 48.0 Å². The third kappa shape index (κ3) is 3.75. The number of non-ortho nitro benzene ring substituents is 1. The number of nitrogens with one attached hydrogen (secondary N) is 1. The molecule has 0 aliphatic carbocycles. The molecule has 0 radical (unpaired) electrons. The predicted octanol–water partition coefficient (Wildman–Crippen LogP) is 3.68. The predicted molar refractivity (Wildman–Crippen MR) is 125 cm³/mol. The minimum Gasteiger partial charge on any atom is -0.273 e. The second-order valence-electron chi connectivity index (χ2n) is 7.95. The summed E-state index contributed by atoms with van der Waals surface area (Å²) in [5.41, 5.74) is 3.76. The maximum Gasteiger partial charge on any atom is 0.335 e. The number of barbiturate groups is 1. The van der Waals surface area contributed by atoms with Crippen LogP contribution in [-0.2, 0) is 9.59 Å². The maximum absolute atomic E-state index is 13.3. The molecular formula is C24H21N5O5. The van der Waals surface area contributed by atoms with Gasteiger partial charge in [0, 0.05) is 23.4 Å². The average molecular weight is 459 g/mol. The van der Waals surface area contributed by atoms with Gasteiger partial charge in [0.15, 0.2) is 0 Å². The molecule has 3 aromatic rings. The molecule has 4 rings (SSSR count). The Labute approximate surface area is 194 Å². The smallest absolute Gasteiger partial charge is 0.273 e. The number of carbonyl (C=O) groups is 3. The Morgan fingerprint density at radius 1 is 1.03 bits per heavy atom. The molecular weight excluding hydrogens is 438 g/mol. The summed E-state index contributed by atoms with van der Waals surface area (Å²) < 4.78 is 1.51. The van der Waals surface area contributed by atoms with Gasteiger partial charge in [-0.1, -0.05) is 18.2 Å². The molecule has 4 amide bonds. The first-order chi connectivity index (χ1) is 16.1. The summed E-state index contributed by atoms with van der Waals surface area (Å²) in [6.07, 6.45) is 1.40. The van der Waals surface area contributed by atoms with Gasteiger partial charge in [0.2, 0.25) is 0 Å². The van der Waals surface area contributed by atoms with E-state index in [4.69, 9.17) is 0 Å². The van der Waals surface area contributed by atoms with Gasteiger partial charge in [0.1, 0.15) is 5.57 Å². The molecule has 2 aromatic carbocycles. The molecule has 0 saturated carbocycles. The van der Waals surface area contributed by atoms with Crippen LogP contribution >= 0.6 is 0 Å². The molecule has 0 bridgehead atoms. The molecule has 2 heterocycles. The Hall–Kier alpha value is -4.60. The number of rotatable bonds is 4. The van der Waals surface area contributed by atoms with Crippen molar-refractivity contribution in [2.75, 3.05) is 4.90 Å². The number of nitro benzene ring substituents is 1. The number of carbonyl (C=O) groups excluding carboxylic acids is 3. The fourth-order valence-corrected chi connectivity index (χ4v) is 3.85. The van der Waals surface area contributed by atoms with E-state index >= 15 is 0 Å². The Morgan fingerprint density at radius 3 is 2.44 bits per heavy atom. The molecule has 1 fully saturated rings. The van der Waals surface area contributed by atoms with Crippen molar-refractivity contribution in [1.82, 2.24) is 15.1 Å². The van der Waals surface area contributed by atoms with Crippen LogP contribution in [0, 0.1) is 37.8 Å². The zero-order chi connectivity index (χ0) is 24.7. The SMILES string of the molecule is Cc1cccc(N2C(=O)NC(=O)/C(=C/c3c(C)nn(-c4cccc([N+](=O)[O-])c4)c3C)C2=O)c1C. The number of urea groups is 1. The molecule has 0 spiro atoms. The maximum atomic E-state index is 13.3. The summed E-state index contributed by atoms with van der Waals surface area (Å²) in [5.74, 6) is -1.55. The van der Waals surface area contributed by atoms with E-state index in [-0.39, 0.29) is 11.3 Å². The lowest BCUT2D eigenvalue weighted by Gasteiger charge is -2.28. The van der Waals surface area contributed by atoms with Gasteiger partial charge in [0.25, 0.3) is 17.5 Å². The van der Waals surface area contributed by atoms with Crippen LogP contribution in [0.4, 0.5) is 16.2 Å². The first-order valence-electron chi connectivity index (χ1n) is 10.4. The van der Waals surface area contributed by atoms with Gasteiger partial charge in [-0.3, -0.25) is 25.0 Å². The summed E-state index contributed by atoms with van der Waals surface area (Å²) in [6, 6.07) is 10.4. The number of imide groups is 2. The summed E-state index contributed by atoms with van der Waals surface area (Å²) in [4.78, 5) is 50.1. The molecule has 1 aromatic heterocycles. The van der Waals surface area contributed by atoms with Gasteiger partial charge in [-0.2, -0.15) is 5.10 Å². The number of anilines is 1. The van der Waals surface area contributed by atoms with Crippen LogP contribution in [0.5, 0.6) is 0 Å². The number of aromatic nitrogens is 2. The number of amides is 4. The molecule has 0 unspecified atom stereocenters. The minimum atomic E-state index is -0.818. The van der Waals surface area contributed by atoms with E-state index in [1.54, 1.807) is 45.0 Å². The molecule has 34 heavy (non-hydrogen) atoms. The molecule has 10 nitrogen and oxygen atoms in total. The number of hydrogen-bond acceptors (Lipinski definition) is 6. The first kappa shape index (κ1) is 22.6. The van der Waals surface area contributed by atoms with Gasteiger partial charge in [-0.05, 0) is 57.0 Å². The fourth-order valence-electron chi connectivity index (χ4n) is 3.85.